The Hall–Kier alpha value is -0.720. The number of hydrogen-bond donors (Lipinski definition) is 0. The zero-order chi connectivity index (χ0) is 10.4. The largest absolute Gasteiger partial charge is 0.375 e. The SMILES string of the molecule is CC(C)CCCN(C)C1=CCCC=C1. The Morgan fingerprint density at radius 3 is 2.71 bits per heavy atom. The van der Waals surface area contributed by atoms with Crippen LogP contribution in [0.5, 0.6) is 0 Å². The first-order valence-electron chi connectivity index (χ1n) is 5.78. The minimum Gasteiger partial charge on any atom is -0.375 e. The molecule has 0 saturated carbocycles. The number of allylic oxidation sites excluding steroid dienone is 3. The molecule has 1 nitrogen and oxygen atoms in total. The third-order valence-electron chi connectivity index (χ3n) is 2.69. The zero-order valence-electron chi connectivity index (χ0n) is 9.79. The highest BCUT2D eigenvalue weighted by Gasteiger charge is 2.03. The lowest BCUT2D eigenvalue weighted by Gasteiger charge is -2.22. The van der Waals surface area contributed by atoms with Crippen LogP contribution in [0.2, 0.25) is 0 Å². The summed E-state index contributed by atoms with van der Waals surface area (Å²) in [5.41, 5.74) is 1.40. The van der Waals surface area contributed by atoms with E-state index in [1.807, 2.05) is 0 Å². The molecule has 80 valence electrons. The molecule has 0 heterocycles. The lowest BCUT2D eigenvalue weighted by molar-refractivity contribution is 0.392. The second-order valence-electron chi connectivity index (χ2n) is 4.57. The molecule has 0 aromatic carbocycles. The van der Waals surface area contributed by atoms with Gasteiger partial charge in [-0.2, -0.15) is 0 Å². The van der Waals surface area contributed by atoms with E-state index in [1.54, 1.807) is 0 Å². The van der Waals surface area contributed by atoms with Crippen LogP contribution >= 0.6 is 0 Å². The van der Waals surface area contributed by atoms with Gasteiger partial charge in [-0.1, -0.05) is 26.0 Å². The summed E-state index contributed by atoms with van der Waals surface area (Å²) < 4.78 is 0. The molecule has 1 aliphatic rings. The molecule has 0 aliphatic heterocycles. The van der Waals surface area contributed by atoms with E-state index < -0.39 is 0 Å². The van der Waals surface area contributed by atoms with Gasteiger partial charge in [0.25, 0.3) is 0 Å². The lowest BCUT2D eigenvalue weighted by atomic mass is 10.1. The highest BCUT2D eigenvalue weighted by molar-refractivity contribution is 5.20. The van der Waals surface area contributed by atoms with Crippen molar-refractivity contribution in [3.8, 4) is 0 Å². The summed E-state index contributed by atoms with van der Waals surface area (Å²) in [5, 5.41) is 0. The van der Waals surface area contributed by atoms with Crippen molar-refractivity contribution in [2.75, 3.05) is 13.6 Å². The molecule has 0 aromatic rings. The molecule has 0 aromatic heterocycles. The van der Waals surface area contributed by atoms with Crippen LogP contribution in [0.3, 0.4) is 0 Å². The predicted molar refractivity (Wildman–Crippen MR) is 63.2 cm³/mol. The fourth-order valence-corrected chi connectivity index (χ4v) is 1.75. The fourth-order valence-electron chi connectivity index (χ4n) is 1.75. The topological polar surface area (TPSA) is 3.24 Å². The highest BCUT2D eigenvalue weighted by Crippen LogP contribution is 2.14. The first-order valence-corrected chi connectivity index (χ1v) is 5.78. The van der Waals surface area contributed by atoms with Crippen LogP contribution in [-0.2, 0) is 0 Å². The lowest BCUT2D eigenvalue weighted by Crippen LogP contribution is -2.19. The molecule has 1 heteroatoms. The summed E-state index contributed by atoms with van der Waals surface area (Å²) in [7, 11) is 2.20. The van der Waals surface area contributed by atoms with E-state index in [1.165, 1.54) is 37.9 Å². The third kappa shape index (κ3) is 3.99. The molecule has 14 heavy (non-hydrogen) atoms. The summed E-state index contributed by atoms with van der Waals surface area (Å²) in [6, 6.07) is 0. The van der Waals surface area contributed by atoms with Gasteiger partial charge in [0, 0.05) is 19.3 Å². The Morgan fingerprint density at radius 1 is 1.36 bits per heavy atom. The zero-order valence-corrected chi connectivity index (χ0v) is 9.79. The van der Waals surface area contributed by atoms with Crippen molar-refractivity contribution in [2.24, 2.45) is 5.92 Å². The quantitative estimate of drug-likeness (QED) is 0.645. The number of rotatable bonds is 5. The van der Waals surface area contributed by atoms with Crippen LogP contribution in [-0.4, -0.2) is 18.5 Å². The maximum atomic E-state index is 2.37. The van der Waals surface area contributed by atoms with Crippen molar-refractivity contribution < 1.29 is 0 Å². The van der Waals surface area contributed by atoms with Crippen molar-refractivity contribution in [3.63, 3.8) is 0 Å². The van der Waals surface area contributed by atoms with Crippen LogP contribution in [0.25, 0.3) is 0 Å². The number of hydrogen-bond acceptors (Lipinski definition) is 1. The van der Waals surface area contributed by atoms with Gasteiger partial charge in [-0.25, -0.2) is 0 Å². The molecule has 0 unspecified atom stereocenters. The molecule has 0 atom stereocenters. The Bertz CT molecular complexity index is 213. The van der Waals surface area contributed by atoms with Gasteiger partial charge in [0.05, 0.1) is 0 Å². The van der Waals surface area contributed by atoms with Gasteiger partial charge in [0.15, 0.2) is 0 Å². The van der Waals surface area contributed by atoms with E-state index in [4.69, 9.17) is 0 Å². The maximum absolute atomic E-state index is 2.37. The monoisotopic (exact) mass is 193 g/mol. The van der Waals surface area contributed by atoms with Crippen molar-refractivity contribution in [2.45, 2.75) is 39.5 Å². The Kier molecular flexibility index (Phi) is 4.78. The molecule has 0 N–H and O–H groups in total. The van der Waals surface area contributed by atoms with Gasteiger partial charge in [0.2, 0.25) is 0 Å². The van der Waals surface area contributed by atoms with Crippen molar-refractivity contribution in [1.82, 2.24) is 4.90 Å². The summed E-state index contributed by atoms with van der Waals surface area (Å²) >= 11 is 0. The maximum Gasteiger partial charge on any atom is 0.0319 e. The average molecular weight is 193 g/mol. The van der Waals surface area contributed by atoms with Crippen LogP contribution in [0.15, 0.2) is 23.9 Å². The first kappa shape index (κ1) is 11.4. The first-order chi connectivity index (χ1) is 6.70. The molecule has 0 saturated heterocycles. The summed E-state index contributed by atoms with van der Waals surface area (Å²) in [5.74, 6) is 0.833. The Morgan fingerprint density at radius 2 is 2.14 bits per heavy atom. The predicted octanol–water partition coefficient (Wildman–Crippen LogP) is 3.59. The third-order valence-corrected chi connectivity index (χ3v) is 2.69. The normalized spacial score (nSPS) is 15.9. The molecular formula is C13H23N. The minimum atomic E-state index is 0.833. The molecule has 1 rings (SSSR count). The molecule has 0 spiro atoms. The summed E-state index contributed by atoms with van der Waals surface area (Å²) in [6.45, 7) is 5.77. The standard InChI is InChI=1S/C13H23N/c1-12(2)8-7-11-14(3)13-9-5-4-6-10-13/h5,9-10,12H,4,6-8,11H2,1-3H3. The minimum absolute atomic E-state index is 0.833. The van der Waals surface area contributed by atoms with Crippen LogP contribution in [0.1, 0.15) is 39.5 Å². The average Bonchev–Trinajstić information content (AvgIpc) is 2.18. The van der Waals surface area contributed by atoms with Crippen molar-refractivity contribution in [3.05, 3.63) is 23.9 Å². The fraction of sp³-hybridized carbons (Fsp3) is 0.692. The van der Waals surface area contributed by atoms with E-state index in [2.05, 4.69) is 44.0 Å². The van der Waals surface area contributed by atoms with Gasteiger partial charge in [-0.3, -0.25) is 0 Å². The van der Waals surface area contributed by atoms with Crippen molar-refractivity contribution in [1.29, 1.82) is 0 Å². The van der Waals surface area contributed by atoms with E-state index in [9.17, 15) is 0 Å². The molecule has 0 bridgehead atoms. The molecule has 1 aliphatic carbocycles. The Balaban J connectivity index is 2.24. The number of likely N-dealkylation sites (N-methyl/N-ethyl adjacent to an activating group) is 1. The van der Waals surface area contributed by atoms with Crippen LogP contribution in [0.4, 0.5) is 0 Å². The van der Waals surface area contributed by atoms with E-state index >= 15 is 0 Å². The van der Waals surface area contributed by atoms with Crippen molar-refractivity contribution >= 4 is 0 Å². The highest BCUT2D eigenvalue weighted by atomic mass is 15.1. The molecule has 0 amide bonds. The van der Waals surface area contributed by atoms with Gasteiger partial charge in [-0.05, 0) is 37.7 Å². The smallest absolute Gasteiger partial charge is 0.0319 e. The molecule has 0 fully saturated rings. The van der Waals surface area contributed by atoms with Gasteiger partial charge in [0.1, 0.15) is 0 Å². The van der Waals surface area contributed by atoms with Crippen LogP contribution < -0.4 is 0 Å². The summed E-state index contributed by atoms with van der Waals surface area (Å²) in [6.07, 6.45) is 11.9. The van der Waals surface area contributed by atoms with E-state index in [-0.39, 0.29) is 0 Å². The summed E-state index contributed by atoms with van der Waals surface area (Å²) in [4.78, 5) is 2.37. The van der Waals surface area contributed by atoms with Gasteiger partial charge < -0.3 is 4.90 Å². The van der Waals surface area contributed by atoms with Gasteiger partial charge >= 0.3 is 0 Å². The Labute approximate surface area is 88.5 Å². The van der Waals surface area contributed by atoms with E-state index in [0.29, 0.717) is 0 Å². The number of nitrogens with zero attached hydrogens (tertiary/aromatic N) is 1. The van der Waals surface area contributed by atoms with Gasteiger partial charge in [-0.15, -0.1) is 0 Å². The second kappa shape index (κ2) is 5.90. The molecule has 0 radical (unpaired) electrons. The van der Waals surface area contributed by atoms with Crippen LogP contribution in [0, 0.1) is 5.92 Å². The van der Waals surface area contributed by atoms with E-state index in [0.717, 1.165) is 5.92 Å². The molecular weight excluding hydrogens is 170 g/mol. The second-order valence-corrected chi connectivity index (χ2v) is 4.57.